The average molecular weight is 308 g/mol. The SMILES string of the molecule is O=C(/C=C/c1ccc(Cl)cc1)/C=C/c1c[nH]c2ccccc12. The number of carbonyl (C=O) groups excluding carboxylic acids is 1. The average Bonchev–Trinajstić information content (AvgIpc) is 2.96. The number of fused-ring (bicyclic) bond motifs is 1. The lowest BCUT2D eigenvalue weighted by atomic mass is 10.1. The van der Waals surface area contributed by atoms with Gasteiger partial charge in [0.05, 0.1) is 0 Å². The zero-order chi connectivity index (χ0) is 15.4. The number of rotatable bonds is 4. The normalized spacial score (nSPS) is 11.7. The summed E-state index contributed by atoms with van der Waals surface area (Å²) in [4.78, 5) is 15.1. The Morgan fingerprint density at radius 1 is 0.955 bits per heavy atom. The van der Waals surface area contributed by atoms with Crippen LogP contribution in [0, 0.1) is 0 Å². The van der Waals surface area contributed by atoms with Crippen molar-refractivity contribution in [2.24, 2.45) is 0 Å². The first-order chi connectivity index (χ1) is 10.7. The van der Waals surface area contributed by atoms with Gasteiger partial charge in [-0.3, -0.25) is 4.79 Å². The highest BCUT2D eigenvalue weighted by Crippen LogP contribution is 2.18. The summed E-state index contributed by atoms with van der Waals surface area (Å²) in [7, 11) is 0. The van der Waals surface area contributed by atoms with Gasteiger partial charge < -0.3 is 4.98 Å². The minimum absolute atomic E-state index is 0.0553. The molecule has 1 N–H and O–H groups in total. The number of aromatic amines is 1. The number of H-pyrrole nitrogens is 1. The van der Waals surface area contributed by atoms with Crippen molar-refractivity contribution in [2.75, 3.05) is 0 Å². The molecular formula is C19H14ClNO. The molecule has 108 valence electrons. The number of ketones is 1. The molecule has 3 aromatic rings. The van der Waals surface area contributed by atoms with Gasteiger partial charge in [0.25, 0.3) is 0 Å². The van der Waals surface area contributed by atoms with E-state index in [4.69, 9.17) is 11.6 Å². The van der Waals surface area contributed by atoms with E-state index in [-0.39, 0.29) is 5.78 Å². The highest BCUT2D eigenvalue weighted by Gasteiger charge is 1.99. The van der Waals surface area contributed by atoms with Crippen LogP contribution in [-0.4, -0.2) is 10.8 Å². The summed E-state index contributed by atoms with van der Waals surface area (Å²) in [6, 6.07) is 15.3. The molecule has 0 amide bonds. The fourth-order valence-electron chi connectivity index (χ4n) is 2.21. The van der Waals surface area contributed by atoms with Gasteiger partial charge in [-0.1, -0.05) is 48.0 Å². The summed E-state index contributed by atoms with van der Waals surface area (Å²) in [5.74, 6) is -0.0553. The van der Waals surface area contributed by atoms with Gasteiger partial charge in [-0.25, -0.2) is 0 Å². The van der Waals surface area contributed by atoms with Crippen LogP contribution in [-0.2, 0) is 4.79 Å². The number of benzene rings is 2. The zero-order valence-corrected chi connectivity index (χ0v) is 12.5. The number of allylic oxidation sites excluding steroid dienone is 2. The summed E-state index contributed by atoms with van der Waals surface area (Å²) in [5, 5.41) is 1.79. The largest absolute Gasteiger partial charge is 0.361 e. The van der Waals surface area contributed by atoms with Gasteiger partial charge in [-0.2, -0.15) is 0 Å². The molecule has 22 heavy (non-hydrogen) atoms. The molecule has 0 fully saturated rings. The highest BCUT2D eigenvalue weighted by molar-refractivity contribution is 6.30. The number of hydrogen-bond donors (Lipinski definition) is 1. The molecular weight excluding hydrogens is 294 g/mol. The van der Waals surface area contributed by atoms with Crippen molar-refractivity contribution in [1.29, 1.82) is 0 Å². The molecule has 2 nitrogen and oxygen atoms in total. The second-order valence-corrected chi connectivity index (χ2v) is 5.35. The molecule has 1 aromatic heterocycles. The van der Waals surface area contributed by atoms with Crippen molar-refractivity contribution in [3.63, 3.8) is 0 Å². The molecule has 2 aromatic carbocycles. The maximum Gasteiger partial charge on any atom is 0.178 e. The number of para-hydroxylation sites is 1. The summed E-state index contributed by atoms with van der Waals surface area (Å²) >= 11 is 5.82. The van der Waals surface area contributed by atoms with E-state index >= 15 is 0 Å². The molecule has 0 spiro atoms. The fourth-order valence-corrected chi connectivity index (χ4v) is 2.34. The second-order valence-electron chi connectivity index (χ2n) is 4.91. The van der Waals surface area contributed by atoms with Crippen LogP contribution in [0.4, 0.5) is 0 Å². The Hall–Kier alpha value is -2.58. The van der Waals surface area contributed by atoms with Gasteiger partial charge in [-0.05, 0) is 47.6 Å². The Labute approximate surface area is 133 Å². The highest BCUT2D eigenvalue weighted by atomic mass is 35.5. The molecule has 0 bridgehead atoms. The van der Waals surface area contributed by atoms with Crippen LogP contribution in [0.15, 0.2) is 66.9 Å². The van der Waals surface area contributed by atoms with E-state index in [1.54, 1.807) is 30.4 Å². The van der Waals surface area contributed by atoms with E-state index < -0.39 is 0 Å². The number of aromatic nitrogens is 1. The smallest absolute Gasteiger partial charge is 0.178 e. The molecule has 0 aliphatic carbocycles. The van der Waals surface area contributed by atoms with Crippen molar-refractivity contribution in [2.45, 2.75) is 0 Å². The van der Waals surface area contributed by atoms with Gasteiger partial charge in [0, 0.05) is 22.1 Å². The second kappa shape index (κ2) is 6.46. The molecule has 1 heterocycles. The Kier molecular flexibility index (Phi) is 4.22. The number of halogens is 1. The first-order valence-electron chi connectivity index (χ1n) is 6.94. The van der Waals surface area contributed by atoms with Crippen LogP contribution in [0.2, 0.25) is 5.02 Å². The van der Waals surface area contributed by atoms with E-state index in [0.717, 1.165) is 22.0 Å². The molecule has 0 atom stereocenters. The Morgan fingerprint density at radius 2 is 1.68 bits per heavy atom. The van der Waals surface area contributed by atoms with Crippen LogP contribution in [0.25, 0.3) is 23.1 Å². The van der Waals surface area contributed by atoms with E-state index in [9.17, 15) is 4.79 Å². The topological polar surface area (TPSA) is 32.9 Å². The maximum atomic E-state index is 11.9. The lowest BCUT2D eigenvalue weighted by molar-refractivity contribution is -0.110. The van der Waals surface area contributed by atoms with Crippen LogP contribution in [0.5, 0.6) is 0 Å². The quantitative estimate of drug-likeness (QED) is 0.667. The number of nitrogens with one attached hydrogen (secondary N) is 1. The van der Waals surface area contributed by atoms with Crippen molar-refractivity contribution in [3.8, 4) is 0 Å². The van der Waals surface area contributed by atoms with Gasteiger partial charge in [0.2, 0.25) is 0 Å². The van der Waals surface area contributed by atoms with Crippen LogP contribution < -0.4 is 0 Å². The Bertz CT molecular complexity index is 857. The van der Waals surface area contributed by atoms with Crippen LogP contribution >= 0.6 is 11.6 Å². The zero-order valence-electron chi connectivity index (χ0n) is 11.8. The molecule has 0 saturated heterocycles. The van der Waals surface area contributed by atoms with E-state index in [0.29, 0.717) is 5.02 Å². The van der Waals surface area contributed by atoms with Gasteiger partial charge >= 0.3 is 0 Å². The molecule has 3 heteroatoms. The first kappa shape index (κ1) is 14.4. The summed E-state index contributed by atoms with van der Waals surface area (Å²) in [5.41, 5.74) is 3.01. The van der Waals surface area contributed by atoms with Crippen molar-refractivity contribution < 1.29 is 4.79 Å². The van der Waals surface area contributed by atoms with Gasteiger partial charge in [0.1, 0.15) is 0 Å². The maximum absolute atomic E-state index is 11.9. The third-order valence-corrected chi connectivity index (χ3v) is 3.61. The lowest BCUT2D eigenvalue weighted by Crippen LogP contribution is -1.84. The van der Waals surface area contributed by atoms with E-state index in [1.165, 1.54) is 0 Å². The third-order valence-electron chi connectivity index (χ3n) is 3.36. The lowest BCUT2D eigenvalue weighted by Gasteiger charge is -1.93. The molecule has 0 radical (unpaired) electrons. The molecule has 0 saturated carbocycles. The standard InChI is InChI=1S/C19H14ClNO/c20-16-9-5-14(6-10-16)7-11-17(22)12-8-15-13-21-19-4-2-1-3-18(15)19/h1-13,21H/b11-7+,12-8+. The number of carbonyl (C=O) groups is 1. The number of hydrogen-bond acceptors (Lipinski definition) is 1. The van der Waals surface area contributed by atoms with E-state index in [1.807, 2.05) is 48.7 Å². The fraction of sp³-hybridized carbons (Fsp3) is 0. The Morgan fingerprint density at radius 3 is 2.50 bits per heavy atom. The summed E-state index contributed by atoms with van der Waals surface area (Å²) < 4.78 is 0. The molecule has 0 aliphatic heterocycles. The van der Waals surface area contributed by atoms with Crippen molar-refractivity contribution in [3.05, 3.63) is 83.0 Å². The van der Waals surface area contributed by atoms with Crippen molar-refractivity contribution >= 4 is 40.4 Å². The third kappa shape index (κ3) is 3.35. The summed E-state index contributed by atoms with van der Waals surface area (Å²) in [6.07, 6.45) is 8.62. The minimum Gasteiger partial charge on any atom is -0.361 e. The van der Waals surface area contributed by atoms with Crippen molar-refractivity contribution in [1.82, 2.24) is 4.98 Å². The predicted molar refractivity (Wildman–Crippen MR) is 92.8 cm³/mol. The first-order valence-corrected chi connectivity index (χ1v) is 7.32. The minimum atomic E-state index is -0.0553. The summed E-state index contributed by atoms with van der Waals surface area (Å²) in [6.45, 7) is 0. The van der Waals surface area contributed by atoms with Crippen LogP contribution in [0.1, 0.15) is 11.1 Å². The Balaban J connectivity index is 1.72. The van der Waals surface area contributed by atoms with Gasteiger partial charge in [-0.15, -0.1) is 0 Å². The molecule has 0 unspecified atom stereocenters. The van der Waals surface area contributed by atoms with E-state index in [2.05, 4.69) is 4.98 Å². The van der Waals surface area contributed by atoms with Crippen LogP contribution in [0.3, 0.4) is 0 Å². The van der Waals surface area contributed by atoms with Gasteiger partial charge in [0.15, 0.2) is 5.78 Å². The monoisotopic (exact) mass is 307 g/mol. The predicted octanol–water partition coefficient (Wildman–Crippen LogP) is 5.12. The molecule has 0 aliphatic rings. The molecule has 3 rings (SSSR count).